The molecule has 26 heavy (non-hydrogen) atoms. The Balaban J connectivity index is 1.93. The summed E-state index contributed by atoms with van der Waals surface area (Å²) in [6, 6.07) is 11.0. The van der Waals surface area contributed by atoms with E-state index in [1.165, 1.54) is 14.0 Å². The van der Waals surface area contributed by atoms with Gasteiger partial charge in [0.1, 0.15) is 11.5 Å². The van der Waals surface area contributed by atoms with Crippen LogP contribution in [0.3, 0.4) is 0 Å². The summed E-state index contributed by atoms with van der Waals surface area (Å²) in [5, 5.41) is 5.47. The molecule has 138 valence electrons. The summed E-state index contributed by atoms with van der Waals surface area (Å²) < 4.78 is 10.9. The van der Waals surface area contributed by atoms with Crippen LogP contribution in [0.1, 0.15) is 24.5 Å². The lowest BCUT2D eigenvalue weighted by atomic mass is 10.1. The van der Waals surface area contributed by atoms with Gasteiger partial charge in [-0.15, -0.1) is 0 Å². The minimum absolute atomic E-state index is 0.172. The van der Waals surface area contributed by atoms with Gasteiger partial charge in [-0.1, -0.05) is 12.1 Å². The molecule has 2 amide bonds. The van der Waals surface area contributed by atoms with Gasteiger partial charge in [0.15, 0.2) is 0 Å². The zero-order valence-electron chi connectivity index (χ0n) is 15.5. The highest BCUT2D eigenvalue weighted by molar-refractivity contribution is 5.94. The third-order valence-electron chi connectivity index (χ3n) is 3.72. The van der Waals surface area contributed by atoms with Crippen molar-refractivity contribution < 1.29 is 19.1 Å². The van der Waals surface area contributed by atoms with Crippen LogP contribution >= 0.6 is 0 Å². The van der Waals surface area contributed by atoms with Crippen LogP contribution in [0.2, 0.25) is 0 Å². The normalized spacial score (nSPS) is 10.2. The van der Waals surface area contributed by atoms with Crippen molar-refractivity contribution in [2.24, 2.45) is 0 Å². The molecule has 0 spiro atoms. The molecule has 2 N–H and O–H groups in total. The van der Waals surface area contributed by atoms with E-state index >= 15 is 0 Å². The Morgan fingerprint density at radius 2 is 1.77 bits per heavy atom. The summed E-state index contributed by atoms with van der Waals surface area (Å²) in [7, 11) is 1.52. The van der Waals surface area contributed by atoms with Crippen LogP contribution in [0, 0.1) is 13.8 Å². The standard InChI is InChI=1S/C20H24N2O4/c1-13-5-6-14(2)19(11-13)26-10-9-20(24)22-16-7-8-18(25-4)17(12-16)21-15(3)23/h5-8,11-12H,9-10H2,1-4H3,(H,21,23)(H,22,24). The molecule has 0 saturated heterocycles. The van der Waals surface area contributed by atoms with E-state index in [-0.39, 0.29) is 24.8 Å². The maximum absolute atomic E-state index is 12.1. The fourth-order valence-corrected chi connectivity index (χ4v) is 2.41. The van der Waals surface area contributed by atoms with E-state index < -0.39 is 0 Å². The summed E-state index contributed by atoms with van der Waals surface area (Å²) in [6.07, 6.45) is 0.217. The van der Waals surface area contributed by atoms with Crippen LogP contribution in [-0.2, 0) is 9.59 Å². The van der Waals surface area contributed by atoms with Gasteiger partial charge in [-0.05, 0) is 49.2 Å². The van der Waals surface area contributed by atoms with Crippen molar-refractivity contribution in [2.75, 3.05) is 24.4 Å². The number of carbonyl (C=O) groups is 2. The largest absolute Gasteiger partial charge is 0.495 e. The van der Waals surface area contributed by atoms with E-state index in [0.717, 1.165) is 16.9 Å². The zero-order valence-corrected chi connectivity index (χ0v) is 15.5. The third kappa shape index (κ3) is 5.51. The van der Waals surface area contributed by atoms with Gasteiger partial charge in [-0.2, -0.15) is 0 Å². The fraction of sp³-hybridized carbons (Fsp3) is 0.300. The SMILES string of the molecule is COc1ccc(NC(=O)CCOc2cc(C)ccc2C)cc1NC(C)=O. The van der Waals surface area contributed by atoms with Gasteiger partial charge in [0.25, 0.3) is 0 Å². The number of carbonyl (C=O) groups excluding carboxylic acids is 2. The highest BCUT2D eigenvalue weighted by Gasteiger charge is 2.09. The zero-order chi connectivity index (χ0) is 19.1. The molecule has 0 saturated carbocycles. The van der Waals surface area contributed by atoms with Crippen LogP contribution in [0.5, 0.6) is 11.5 Å². The second-order valence-electron chi connectivity index (χ2n) is 6.01. The second-order valence-corrected chi connectivity index (χ2v) is 6.01. The Kier molecular flexibility index (Phi) is 6.60. The first-order valence-electron chi connectivity index (χ1n) is 8.34. The second kappa shape index (κ2) is 8.89. The molecule has 0 atom stereocenters. The van der Waals surface area contributed by atoms with Crippen molar-refractivity contribution in [3.8, 4) is 11.5 Å². The van der Waals surface area contributed by atoms with Crippen molar-refractivity contribution in [3.05, 3.63) is 47.5 Å². The van der Waals surface area contributed by atoms with Crippen molar-refractivity contribution in [1.82, 2.24) is 0 Å². The lowest BCUT2D eigenvalue weighted by Crippen LogP contribution is -2.16. The van der Waals surface area contributed by atoms with E-state index in [0.29, 0.717) is 17.1 Å². The Labute approximate surface area is 153 Å². The third-order valence-corrected chi connectivity index (χ3v) is 3.72. The van der Waals surface area contributed by atoms with Crippen LogP contribution in [0.25, 0.3) is 0 Å². The molecule has 0 aliphatic rings. The van der Waals surface area contributed by atoms with Gasteiger partial charge in [0.2, 0.25) is 11.8 Å². The number of anilines is 2. The number of benzene rings is 2. The maximum atomic E-state index is 12.1. The van der Waals surface area contributed by atoms with Gasteiger partial charge >= 0.3 is 0 Å². The first-order valence-corrected chi connectivity index (χ1v) is 8.34. The molecular weight excluding hydrogens is 332 g/mol. The Hall–Kier alpha value is -3.02. The predicted molar refractivity (Wildman–Crippen MR) is 102 cm³/mol. The van der Waals surface area contributed by atoms with E-state index in [4.69, 9.17) is 9.47 Å². The van der Waals surface area contributed by atoms with Gasteiger partial charge in [-0.25, -0.2) is 0 Å². The molecule has 0 heterocycles. The summed E-state index contributed by atoms with van der Waals surface area (Å²) in [4.78, 5) is 23.4. The van der Waals surface area contributed by atoms with E-state index in [1.54, 1.807) is 18.2 Å². The lowest BCUT2D eigenvalue weighted by molar-refractivity contribution is -0.116. The topological polar surface area (TPSA) is 76.7 Å². The molecule has 2 rings (SSSR count). The Morgan fingerprint density at radius 3 is 2.46 bits per heavy atom. The molecule has 0 bridgehead atoms. The van der Waals surface area contributed by atoms with Gasteiger partial charge in [-0.3, -0.25) is 9.59 Å². The lowest BCUT2D eigenvalue weighted by Gasteiger charge is -2.12. The number of rotatable bonds is 7. The van der Waals surface area contributed by atoms with Crippen LogP contribution < -0.4 is 20.1 Å². The highest BCUT2D eigenvalue weighted by atomic mass is 16.5. The molecule has 2 aromatic rings. The summed E-state index contributed by atoms with van der Waals surface area (Å²) >= 11 is 0. The number of hydrogen-bond acceptors (Lipinski definition) is 4. The number of methoxy groups -OCH3 is 1. The van der Waals surface area contributed by atoms with E-state index in [1.807, 2.05) is 32.0 Å². The molecule has 0 aliphatic heterocycles. The van der Waals surface area contributed by atoms with Crippen LogP contribution in [-0.4, -0.2) is 25.5 Å². The van der Waals surface area contributed by atoms with E-state index in [9.17, 15) is 9.59 Å². The van der Waals surface area contributed by atoms with Gasteiger partial charge in [0, 0.05) is 12.6 Å². The Morgan fingerprint density at radius 1 is 1.00 bits per heavy atom. The molecule has 0 aliphatic carbocycles. The minimum atomic E-state index is -0.214. The average molecular weight is 356 g/mol. The van der Waals surface area contributed by atoms with Crippen molar-refractivity contribution >= 4 is 23.2 Å². The van der Waals surface area contributed by atoms with Crippen molar-refractivity contribution in [1.29, 1.82) is 0 Å². The molecule has 0 radical (unpaired) electrons. The summed E-state index contributed by atoms with van der Waals surface area (Å²) in [6.45, 7) is 5.66. The molecule has 6 nitrogen and oxygen atoms in total. The first kappa shape index (κ1) is 19.3. The number of ether oxygens (including phenoxy) is 2. The quantitative estimate of drug-likeness (QED) is 0.793. The molecule has 0 fully saturated rings. The summed E-state index contributed by atoms with van der Waals surface area (Å²) in [5.41, 5.74) is 3.22. The van der Waals surface area contributed by atoms with Gasteiger partial charge in [0.05, 0.1) is 25.8 Å². The number of nitrogens with one attached hydrogen (secondary N) is 2. The first-order chi connectivity index (χ1) is 12.4. The van der Waals surface area contributed by atoms with Crippen molar-refractivity contribution in [2.45, 2.75) is 27.2 Å². The van der Waals surface area contributed by atoms with E-state index in [2.05, 4.69) is 10.6 Å². The number of amides is 2. The Bertz CT molecular complexity index is 802. The average Bonchev–Trinajstić information content (AvgIpc) is 2.57. The molecule has 0 aromatic heterocycles. The molecular formula is C20H24N2O4. The number of hydrogen-bond donors (Lipinski definition) is 2. The minimum Gasteiger partial charge on any atom is -0.495 e. The highest BCUT2D eigenvalue weighted by Crippen LogP contribution is 2.28. The van der Waals surface area contributed by atoms with Gasteiger partial charge < -0.3 is 20.1 Å². The predicted octanol–water partition coefficient (Wildman–Crippen LogP) is 3.68. The van der Waals surface area contributed by atoms with Crippen LogP contribution in [0.4, 0.5) is 11.4 Å². The molecule has 2 aromatic carbocycles. The smallest absolute Gasteiger partial charge is 0.227 e. The summed E-state index contributed by atoms with van der Waals surface area (Å²) in [5.74, 6) is 0.926. The monoisotopic (exact) mass is 356 g/mol. The van der Waals surface area contributed by atoms with Crippen LogP contribution in [0.15, 0.2) is 36.4 Å². The fourth-order valence-electron chi connectivity index (χ4n) is 2.41. The maximum Gasteiger partial charge on any atom is 0.227 e. The molecule has 6 heteroatoms. The number of aryl methyl sites for hydroxylation is 2. The molecule has 0 unspecified atom stereocenters. The van der Waals surface area contributed by atoms with Crippen molar-refractivity contribution in [3.63, 3.8) is 0 Å².